The van der Waals surface area contributed by atoms with Gasteiger partial charge >= 0.3 is 0 Å². The monoisotopic (exact) mass is 269 g/mol. The highest BCUT2D eigenvalue weighted by Crippen LogP contribution is 2.37. The van der Waals surface area contributed by atoms with E-state index in [1.54, 1.807) is 7.11 Å². The summed E-state index contributed by atoms with van der Waals surface area (Å²) in [7, 11) is 1.74. The lowest BCUT2D eigenvalue weighted by molar-refractivity contribution is 0.399. The summed E-state index contributed by atoms with van der Waals surface area (Å²) in [6.07, 6.45) is 2.16. The molecule has 0 saturated carbocycles. The van der Waals surface area contributed by atoms with E-state index in [9.17, 15) is 0 Å². The Hall–Kier alpha value is -0.540. The SMILES string of the molecule is CCC1NCCc2c(OC)ccc(Br)c21. The standard InChI is InChI=1S/C12H16BrNO/c1-3-10-12-8(6-7-14-10)11(15-2)5-4-9(12)13/h4-5,10,14H,3,6-7H2,1-2H3. The molecule has 1 heterocycles. The fourth-order valence-corrected chi connectivity index (χ4v) is 2.91. The first-order chi connectivity index (χ1) is 7.27. The van der Waals surface area contributed by atoms with E-state index < -0.39 is 0 Å². The minimum Gasteiger partial charge on any atom is -0.496 e. The summed E-state index contributed by atoms with van der Waals surface area (Å²) in [6.45, 7) is 3.25. The van der Waals surface area contributed by atoms with Crippen LogP contribution in [-0.4, -0.2) is 13.7 Å². The summed E-state index contributed by atoms with van der Waals surface area (Å²) in [5.41, 5.74) is 2.74. The number of hydrogen-bond acceptors (Lipinski definition) is 2. The predicted octanol–water partition coefficient (Wildman–Crippen LogP) is 3.05. The first kappa shape index (κ1) is 11.0. The van der Waals surface area contributed by atoms with E-state index in [0.29, 0.717) is 6.04 Å². The molecule has 15 heavy (non-hydrogen) atoms. The zero-order chi connectivity index (χ0) is 10.8. The van der Waals surface area contributed by atoms with Crippen LogP contribution in [0, 0.1) is 0 Å². The topological polar surface area (TPSA) is 21.3 Å². The molecule has 0 amide bonds. The van der Waals surface area contributed by atoms with Crippen LogP contribution in [0.15, 0.2) is 16.6 Å². The molecule has 0 radical (unpaired) electrons. The van der Waals surface area contributed by atoms with Crippen molar-refractivity contribution in [3.05, 3.63) is 27.7 Å². The Kier molecular flexibility index (Phi) is 3.32. The number of hydrogen-bond donors (Lipinski definition) is 1. The predicted molar refractivity (Wildman–Crippen MR) is 65.4 cm³/mol. The van der Waals surface area contributed by atoms with Crippen molar-refractivity contribution in [3.8, 4) is 5.75 Å². The van der Waals surface area contributed by atoms with Gasteiger partial charge in [0.1, 0.15) is 5.75 Å². The summed E-state index contributed by atoms with van der Waals surface area (Å²) >= 11 is 3.63. The van der Waals surface area contributed by atoms with Crippen LogP contribution in [0.5, 0.6) is 5.75 Å². The van der Waals surface area contributed by atoms with Gasteiger partial charge in [-0.2, -0.15) is 0 Å². The van der Waals surface area contributed by atoms with Crippen molar-refractivity contribution in [2.24, 2.45) is 0 Å². The molecule has 82 valence electrons. The fraction of sp³-hybridized carbons (Fsp3) is 0.500. The third kappa shape index (κ3) is 1.91. The van der Waals surface area contributed by atoms with Crippen molar-refractivity contribution in [1.82, 2.24) is 5.32 Å². The highest BCUT2D eigenvalue weighted by molar-refractivity contribution is 9.10. The van der Waals surface area contributed by atoms with Gasteiger partial charge in [0.25, 0.3) is 0 Å². The second-order valence-corrected chi connectivity index (χ2v) is 4.66. The molecule has 0 bridgehead atoms. The Balaban J connectivity index is 2.53. The number of fused-ring (bicyclic) bond motifs is 1. The van der Waals surface area contributed by atoms with Gasteiger partial charge in [0.15, 0.2) is 0 Å². The molecule has 1 atom stereocenters. The molecule has 2 nitrogen and oxygen atoms in total. The van der Waals surface area contributed by atoms with Crippen molar-refractivity contribution in [2.75, 3.05) is 13.7 Å². The van der Waals surface area contributed by atoms with Crippen molar-refractivity contribution in [1.29, 1.82) is 0 Å². The van der Waals surface area contributed by atoms with Gasteiger partial charge in [0.2, 0.25) is 0 Å². The Labute approximate surface area is 99.1 Å². The number of halogens is 1. The van der Waals surface area contributed by atoms with Gasteiger partial charge < -0.3 is 10.1 Å². The van der Waals surface area contributed by atoms with Crippen molar-refractivity contribution in [2.45, 2.75) is 25.8 Å². The third-order valence-corrected chi connectivity index (χ3v) is 3.69. The van der Waals surface area contributed by atoms with Crippen molar-refractivity contribution < 1.29 is 4.74 Å². The van der Waals surface area contributed by atoms with E-state index in [1.807, 2.05) is 6.07 Å². The summed E-state index contributed by atoms with van der Waals surface area (Å²) in [5, 5.41) is 3.53. The van der Waals surface area contributed by atoms with Gasteiger partial charge in [-0.25, -0.2) is 0 Å². The van der Waals surface area contributed by atoms with Gasteiger partial charge in [-0.15, -0.1) is 0 Å². The van der Waals surface area contributed by atoms with Crippen LogP contribution in [0.3, 0.4) is 0 Å². The summed E-state index contributed by atoms with van der Waals surface area (Å²) in [4.78, 5) is 0. The van der Waals surface area contributed by atoms with E-state index in [0.717, 1.165) is 25.1 Å². The van der Waals surface area contributed by atoms with Crippen LogP contribution in [0.2, 0.25) is 0 Å². The van der Waals surface area contributed by atoms with Gasteiger partial charge in [0.05, 0.1) is 7.11 Å². The maximum atomic E-state index is 5.41. The van der Waals surface area contributed by atoms with Crippen molar-refractivity contribution in [3.63, 3.8) is 0 Å². The lowest BCUT2D eigenvalue weighted by Crippen LogP contribution is -2.30. The molecule has 3 heteroatoms. The Morgan fingerprint density at radius 1 is 1.53 bits per heavy atom. The summed E-state index contributed by atoms with van der Waals surface area (Å²) in [6, 6.07) is 4.58. The van der Waals surface area contributed by atoms with Crippen LogP contribution >= 0.6 is 15.9 Å². The molecule has 1 aliphatic heterocycles. The maximum absolute atomic E-state index is 5.41. The fourth-order valence-electron chi connectivity index (χ4n) is 2.26. The molecule has 0 aliphatic carbocycles. The van der Waals surface area contributed by atoms with Gasteiger partial charge in [-0.3, -0.25) is 0 Å². The highest BCUT2D eigenvalue weighted by Gasteiger charge is 2.23. The molecule has 0 saturated heterocycles. The Bertz CT molecular complexity index is 365. The van der Waals surface area contributed by atoms with E-state index in [1.165, 1.54) is 15.6 Å². The van der Waals surface area contributed by atoms with Crippen molar-refractivity contribution >= 4 is 15.9 Å². The molecule has 1 N–H and O–H groups in total. The lowest BCUT2D eigenvalue weighted by atomic mass is 9.92. The van der Waals surface area contributed by atoms with Crippen LogP contribution in [0.4, 0.5) is 0 Å². The minimum absolute atomic E-state index is 0.457. The quantitative estimate of drug-likeness (QED) is 0.891. The molecule has 1 aliphatic rings. The van der Waals surface area contributed by atoms with E-state index in [-0.39, 0.29) is 0 Å². The van der Waals surface area contributed by atoms with Crippen LogP contribution in [0.1, 0.15) is 30.5 Å². The van der Waals surface area contributed by atoms with Crippen LogP contribution < -0.4 is 10.1 Å². The molecule has 0 spiro atoms. The normalized spacial score (nSPS) is 19.8. The molecule has 1 aromatic carbocycles. The number of methoxy groups -OCH3 is 1. The largest absolute Gasteiger partial charge is 0.496 e. The molecule has 0 fully saturated rings. The minimum atomic E-state index is 0.457. The van der Waals surface area contributed by atoms with Gasteiger partial charge in [-0.05, 0) is 37.1 Å². The molecule has 1 unspecified atom stereocenters. The smallest absolute Gasteiger partial charge is 0.122 e. The van der Waals surface area contributed by atoms with Crippen LogP contribution in [-0.2, 0) is 6.42 Å². The number of benzene rings is 1. The average molecular weight is 270 g/mol. The van der Waals surface area contributed by atoms with E-state index >= 15 is 0 Å². The highest BCUT2D eigenvalue weighted by atomic mass is 79.9. The second-order valence-electron chi connectivity index (χ2n) is 3.81. The van der Waals surface area contributed by atoms with Gasteiger partial charge in [-0.1, -0.05) is 22.9 Å². The summed E-state index contributed by atoms with van der Waals surface area (Å²) < 4.78 is 6.60. The average Bonchev–Trinajstić information content (AvgIpc) is 2.29. The number of nitrogens with one attached hydrogen (secondary N) is 1. The second kappa shape index (κ2) is 4.54. The molecule has 1 aromatic rings. The third-order valence-electron chi connectivity index (χ3n) is 3.00. The van der Waals surface area contributed by atoms with Crippen LogP contribution in [0.25, 0.3) is 0 Å². The Morgan fingerprint density at radius 3 is 3.00 bits per heavy atom. The number of rotatable bonds is 2. The molecule has 0 aromatic heterocycles. The van der Waals surface area contributed by atoms with Gasteiger partial charge in [0, 0.05) is 16.1 Å². The first-order valence-corrected chi connectivity index (χ1v) is 6.15. The Morgan fingerprint density at radius 2 is 2.33 bits per heavy atom. The van der Waals surface area contributed by atoms with E-state index in [2.05, 4.69) is 34.2 Å². The maximum Gasteiger partial charge on any atom is 0.122 e. The summed E-state index contributed by atoms with van der Waals surface area (Å²) in [5.74, 6) is 1.02. The first-order valence-electron chi connectivity index (χ1n) is 5.36. The molecular weight excluding hydrogens is 254 g/mol. The zero-order valence-corrected chi connectivity index (χ0v) is 10.7. The lowest BCUT2D eigenvalue weighted by Gasteiger charge is -2.28. The number of ether oxygens (including phenoxy) is 1. The van der Waals surface area contributed by atoms with E-state index in [4.69, 9.17) is 4.74 Å². The zero-order valence-electron chi connectivity index (χ0n) is 9.14. The molecular formula is C12H16BrNO. The molecule has 2 rings (SSSR count).